The number of benzene rings is 1. The van der Waals surface area contributed by atoms with E-state index in [4.69, 9.17) is 21.7 Å². The maximum absolute atomic E-state index is 6.12. The number of nitrogens with one attached hydrogen (secondary N) is 2. The van der Waals surface area contributed by atoms with Gasteiger partial charge in [0.05, 0.1) is 17.1 Å². The fraction of sp³-hybridized carbons (Fsp3) is 0.556. The van der Waals surface area contributed by atoms with Gasteiger partial charge in [0.15, 0.2) is 5.82 Å². The lowest BCUT2D eigenvalue weighted by Crippen LogP contribution is -2.28. The quantitative estimate of drug-likeness (QED) is 0.387. The van der Waals surface area contributed by atoms with Crippen molar-refractivity contribution in [3.63, 3.8) is 0 Å². The maximum Gasteiger partial charge on any atom is 0.165 e. The van der Waals surface area contributed by atoms with Crippen molar-refractivity contribution < 1.29 is 0 Å². The monoisotopic (exact) mass is 541 g/mol. The Labute approximate surface area is 228 Å². The minimum absolute atomic E-state index is 0.749. The Balaban J connectivity index is 0.000000909. The standard InChI is InChI=1S/C18H19ClN4S.C3H9N.C3H8.C2H6.CH3Cl/c1-11-16-9-20-7-6-13(16)10-23-18(21-11)17(12(2)22-23)24-15-5-3-4-14(19)8-15;1-3-4-2;1-3-2;2*1-2/h3-5,8,20H,6-7,9-10H2,1-2H3;4H,3H2,1-2H3;3H2,1-2H3;1-2H3;1H3. The zero-order chi connectivity index (χ0) is 26.8. The highest BCUT2D eigenvalue weighted by atomic mass is 35.5. The maximum atomic E-state index is 6.12. The number of fused-ring (bicyclic) bond motifs is 1. The summed E-state index contributed by atoms with van der Waals surface area (Å²) in [5.74, 6) is 0.962. The fourth-order valence-electron chi connectivity index (χ4n) is 3.23. The molecule has 2 aromatic rings. The van der Waals surface area contributed by atoms with Crippen molar-refractivity contribution in [3.8, 4) is 0 Å². The molecule has 198 valence electrons. The van der Waals surface area contributed by atoms with Gasteiger partial charge in [-0.05, 0) is 69.8 Å². The van der Waals surface area contributed by atoms with Crippen molar-refractivity contribution in [1.82, 2.24) is 20.4 Å². The van der Waals surface area contributed by atoms with Gasteiger partial charge in [0.2, 0.25) is 0 Å². The Morgan fingerprint density at radius 3 is 2.34 bits per heavy atom. The van der Waals surface area contributed by atoms with E-state index in [9.17, 15) is 0 Å². The van der Waals surface area contributed by atoms with Crippen LogP contribution in [0.1, 0.15) is 60.1 Å². The molecule has 0 radical (unpaired) electrons. The topological polar surface area (TPSA) is 54.2 Å². The number of aryl methyl sites for hydroxylation is 1. The summed E-state index contributed by atoms with van der Waals surface area (Å²) in [5.41, 5.74) is 4.92. The van der Waals surface area contributed by atoms with Gasteiger partial charge in [-0.1, -0.05) is 70.5 Å². The Hall–Kier alpha value is -1.31. The molecule has 35 heavy (non-hydrogen) atoms. The number of nitrogens with zero attached hydrogens (tertiary/aromatic N) is 3. The molecule has 2 N–H and O–H groups in total. The second kappa shape index (κ2) is 19.8. The largest absolute Gasteiger partial charge is 0.320 e. The molecule has 5 nitrogen and oxygen atoms in total. The van der Waals surface area contributed by atoms with Gasteiger partial charge in [0.25, 0.3) is 0 Å². The molecule has 1 aromatic heterocycles. The number of aromatic nitrogens is 2. The molecule has 0 atom stereocenters. The first kappa shape index (κ1) is 33.7. The van der Waals surface area contributed by atoms with Crippen LogP contribution in [0.25, 0.3) is 0 Å². The second-order valence-corrected chi connectivity index (χ2v) is 9.10. The van der Waals surface area contributed by atoms with Crippen LogP contribution in [-0.2, 0) is 6.54 Å². The van der Waals surface area contributed by atoms with E-state index in [2.05, 4.69) is 67.6 Å². The SMILES string of the molecule is CC.CC1=Nc2c(Sc3cccc(Cl)c3)c(C)nn2CC2=C1CNCC2.CCC.CCNC.CCl. The number of hydrogen-bond donors (Lipinski definition) is 2. The summed E-state index contributed by atoms with van der Waals surface area (Å²) in [6.07, 6.45) is 3.79. The van der Waals surface area contributed by atoms with Crippen molar-refractivity contribution in [3.05, 3.63) is 46.1 Å². The molecule has 0 fully saturated rings. The number of rotatable bonds is 3. The molecular weight excluding hydrogens is 497 g/mol. The summed E-state index contributed by atoms with van der Waals surface area (Å²) in [5, 5.41) is 11.9. The summed E-state index contributed by atoms with van der Waals surface area (Å²) in [6, 6.07) is 7.92. The van der Waals surface area contributed by atoms with Crippen molar-refractivity contribution in [2.45, 2.75) is 77.6 Å². The predicted octanol–water partition coefficient (Wildman–Crippen LogP) is 7.92. The average molecular weight is 543 g/mol. The first-order valence-electron chi connectivity index (χ1n) is 12.4. The third kappa shape index (κ3) is 11.1. The zero-order valence-electron chi connectivity index (χ0n) is 23.1. The van der Waals surface area contributed by atoms with Crippen molar-refractivity contribution >= 4 is 46.5 Å². The summed E-state index contributed by atoms with van der Waals surface area (Å²) >= 11 is 12.4. The highest BCUT2D eigenvalue weighted by Crippen LogP contribution is 2.40. The summed E-state index contributed by atoms with van der Waals surface area (Å²) in [6.45, 7) is 18.3. The molecule has 0 amide bonds. The van der Waals surface area contributed by atoms with Crippen LogP contribution in [0.2, 0.25) is 5.02 Å². The van der Waals surface area contributed by atoms with Crippen molar-refractivity contribution in [1.29, 1.82) is 0 Å². The molecule has 0 aliphatic carbocycles. The summed E-state index contributed by atoms with van der Waals surface area (Å²) in [7, 11) is 1.93. The van der Waals surface area contributed by atoms with E-state index in [1.165, 1.54) is 23.9 Å². The van der Waals surface area contributed by atoms with Crippen LogP contribution < -0.4 is 10.6 Å². The van der Waals surface area contributed by atoms with Crippen LogP contribution in [0, 0.1) is 6.92 Å². The molecule has 1 aromatic carbocycles. The molecule has 0 spiro atoms. The van der Waals surface area contributed by atoms with Crippen LogP contribution >= 0.6 is 35.0 Å². The first-order chi connectivity index (χ1) is 16.9. The molecule has 0 saturated heterocycles. The lowest BCUT2D eigenvalue weighted by Gasteiger charge is -2.19. The number of aliphatic imine (C=N–C) groups is 1. The Bertz CT molecular complexity index is 920. The average Bonchev–Trinajstić information content (AvgIpc) is 3.07. The van der Waals surface area contributed by atoms with E-state index >= 15 is 0 Å². The minimum atomic E-state index is 0.749. The number of halogens is 2. The Morgan fingerprint density at radius 2 is 1.77 bits per heavy atom. The summed E-state index contributed by atoms with van der Waals surface area (Å²) in [4.78, 5) is 7.15. The Morgan fingerprint density at radius 1 is 1.14 bits per heavy atom. The van der Waals surface area contributed by atoms with Crippen LogP contribution in [-0.4, -0.2) is 48.6 Å². The second-order valence-electron chi connectivity index (χ2n) is 7.58. The van der Waals surface area contributed by atoms with Gasteiger partial charge in [-0.25, -0.2) is 9.67 Å². The molecule has 2 aliphatic rings. The fourth-order valence-corrected chi connectivity index (χ4v) is 4.49. The molecule has 0 unspecified atom stereocenters. The van der Waals surface area contributed by atoms with Gasteiger partial charge in [-0.15, -0.1) is 11.6 Å². The van der Waals surface area contributed by atoms with Gasteiger partial charge in [0.1, 0.15) is 0 Å². The van der Waals surface area contributed by atoms with Gasteiger partial charge in [-0.2, -0.15) is 5.10 Å². The number of alkyl halides is 1. The van der Waals surface area contributed by atoms with E-state index in [1.807, 2.05) is 39.1 Å². The molecular formula is C27H45Cl2N5S. The van der Waals surface area contributed by atoms with Gasteiger partial charge in [-0.3, -0.25) is 0 Å². The molecule has 8 heteroatoms. The van der Waals surface area contributed by atoms with E-state index in [1.54, 1.807) is 11.8 Å². The lowest BCUT2D eigenvalue weighted by atomic mass is 9.98. The van der Waals surface area contributed by atoms with Gasteiger partial charge < -0.3 is 10.6 Å². The normalized spacial score (nSPS) is 13.5. The van der Waals surface area contributed by atoms with E-state index in [0.29, 0.717) is 0 Å². The van der Waals surface area contributed by atoms with Gasteiger partial charge >= 0.3 is 0 Å². The highest BCUT2D eigenvalue weighted by Gasteiger charge is 2.24. The molecule has 0 saturated carbocycles. The van der Waals surface area contributed by atoms with Crippen molar-refractivity contribution in [2.75, 3.05) is 33.1 Å². The zero-order valence-corrected chi connectivity index (χ0v) is 25.4. The lowest BCUT2D eigenvalue weighted by molar-refractivity contribution is 0.610. The molecule has 2 aliphatic heterocycles. The van der Waals surface area contributed by atoms with Crippen LogP contribution in [0.3, 0.4) is 0 Å². The van der Waals surface area contributed by atoms with Crippen LogP contribution in [0.15, 0.2) is 50.2 Å². The third-order valence-corrected chi connectivity index (χ3v) is 6.21. The first-order valence-corrected chi connectivity index (χ1v) is 14.4. The van der Waals surface area contributed by atoms with E-state index < -0.39 is 0 Å². The third-order valence-electron chi connectivity index (χ3n) is 4.80. The Kier molecular flexibility index (Phi) is 19.1. The molecule has 4 rings (SSSR count). The molecule has 3 heterocycles. The highest BCUT2D eigenvalue weighted by molar-refractivity contribution is 7.99. The van der Waals surface area contributed by atoms with Crippen LogP contribution in [0.5, 0.6) is 0 Å². The predicted molar refractivity (Wildman–Crippen MR) is 159 cm³/mol. The summed E-state index contributed by atoms with van der Waals surface area (Å²) < 4.78 is 2.05. The van der Waals surface area contributed by atoms with Gasteiger partial charge in [0, 0.05) is 28.6 Å². The van der Waals surface area contributed by atoms with Crippen LogP contribution in [0.4, 0.5) is 5.82 Å². The number of hydrogen-bond acceptors (Lipinski definition) is 5. The van der Waals surface area contributed by atoms with Crippen molar-refractivity contribution in [2.24, 2.45) is 4.99 Å². The minimum Gasteiger partial charge on any atom is -0.320 e. The van der Waals surface area contributed by atoms with E-state index in [-0.39, 0.29) is 0 Å². The molecule has 0 bridgehead atoms. The van der Waals surface area contributed by atoms with E-state index in [0.717, 1.165) is 64.6 Å². The smallest absolute Gasteiger partial charge is 0.165 e.